The monoisotopic (exact) mass is 216 g/mol. The van der Waals surface area contributed by atoms with E-state index in [0.29, 0.717) is 19.3 Å². The normalized spacial score (nSPS) is 24.7. The van der Waals surface area contributed by atoms with Crippen LogP contribution in [0.2, 0.25) is 0 Å². The van der Waals surface area contributed by atoms with Crippen molar-refractivity contribution < 1.29 is 33.6 Å². The Morgan fingerprint density at radius 1 is 1.50 bits per heavy atom. The van der Waals surface area contributed by atoms with E-state index in [2.05, 4.69) is 0 Å². The number of aliphatic carboxylic acids is 1. The summed E-state index contributed by atoms with van der Waals surface area (Å²) in [6.45, 7) is 2.03. The first-order chi connectivity index (χ1) is 7.15. The van der Waals surface area contributed by atoms with Crippen LogP contribution in [0.1, 0.15) is 39.0 Å². The van der Waals surface area contributed by atoms with Gasteiger partial charge in [-0.15, -0.1) is 0 Å². The summed E-state index contributed by atoms with van der Waals surface area (Å²) in [6, 6.07) is 0. The maximum absolute atomic E-state index is 11.5. The van der Waals surface area contributed by atoms with Crippen LogP contribution in [0, 0.1) is 11.8 Å². The molecule has 1 aliphatic rings. The molecule has 1 rings (SSSR count). The largest absolute Gasteiger partial charge is 1.00 e. The number of carboxylic acids is 1. The fourth-order valence-electron chi connectivity index (χ4n) is 2.17. The summed E-state index contributed by atoms with van der Waals surface area (Å²) < 4.78 is 0. The first-order valence-corrected chi connectivity index (χ1v) is 5.52. The minimum absolute atomic E-state index is 0. The van der Waals surface area contributed by atoms with E-state index in [4.69, 9.17) is 0 Å². The van der Waals surface area contributed by atoms with E-state index in [1.807, 2.05) is 19.1 Å². The minimum Gasteiger partial charge on any atom is -0.550 e. The molecule has 0 aromatic rings. The van der Waals surface area contributed by atoms with Crippen LogP contribution in [-0.4, -0.2) is 11.8 Å². The van der Waals surface area contributed by atoms with E-state index in [0.717, 1.165) is 6.42 Å². The predicted octanol–water partition coefficient (Wildman–Crippen LogP) is -1.92. The van der Waals surface area contributed by atoms with Crippen molar-refractivity contribution in [3.63, 3.8) is 0 Å². The molecule has 2 atom stereocenters. The molecule has 3 nitrogen and oxygen atoms in total. The van der Waals surface area contributed by atoms with Gasteiger partial charge in [0, 0.05) is 18.3 Å². The van der Waals surface area contributed by atoms with Crippen molar-refractivity contribution in [1.29, 1.82) is 0 Å². The zero-order valence-electron chi connectivity index (χ0n) is 10.1. The van der Waals surface area contributed by atoms with Gasteiger partial charge in [0.1, 0.15) is 5.78 Å². The van der Waals surface area contributed by atoms with Gasteiger partial charge in [0.15, 0.2) is 0 Å². The van der Waals surface area contributed by atoms with Crippen LogP contribution in [-0.2, 0) is 9.59 Å². The van der Waals surface area contributed by atoms with Gasteiger partial charge in [-0.05, 0) is 31.6 Å². The number of allylic oxidation sites excluding steroid dienone is 2. The Kier molecular flexibility index (Phi) is 7.45. The molecule has 1 fully saturated rings. The quantitative estimate of drug-likeness (QED) is 0.398. The van der Waals surface area contributed by atoms with Gasteiger partial charge in [0.05, 0.1) is 0 Å². The summed E-state index contributed by atoms with van der Waals surface area (Å²) >= 11 is 0. The molecule has 0 aliphatic heterocycles. The second kappa shape index (κ2) is 7.70. The molecule has 0 aromatic heterocycles. The van der Waals surface area contributed by atoms with Crippen molar-refractivity contribution in [3.05, 3.63) is 12.2 Å². The van der Waals surface area contributed by atoms with E-state index < -0.39 is 5.97 Å². The van der Waals surface area contributed by atoms with E-state index >= 15 is 0 Å². The van der Waals surface area contributed by atoms with Crippen molar-refractivity contribution in [2.75, 3.05) is 0 Å². The van der Waals surface area contributed by atoms with E-state index in [9.17, 15) is 14.7 Å². The Bertz CT molecular complexity index is 273. The summed E-state index contributed by atoms with van der Waals surface area (Å²) in [7, 11) is 0. The number of Topliss-reactive ketones (excluding diaryl/α,β-unsaturated/α-hetero) is 1. The molecule has 0 amide bonds. The van der Waals surface area contributed by atoms with E-state index in [-0.39, 0.29) is 42.9 Å². The zero-order valence-corrected chi connectivity index (χ0v) is 10.1. The summed E-state index contributed by atoms with van der Waals surface area (Å²) in [5.41, 5.74) is 0. The van der Waals surface area contributed by atoms with Crippen molar-refractivity contribution in [2.24, 2.45) is 11.8 Å². The Morgan fingerprint density at radius 2 is 2.19 bits per heavy atom. The Balaban J connectivity index is 0.00000225. The molecule has 4 heteroatoms. The van der Waals surface area contributed by atoms with Crippen LogP contribution in [0.5, 0.6) is 0 Å². The number of carbonyl (C=O) groups excluding carboxylic acids is 2. The zero-order chi connectivity index (χ0) is 11.3. The molecule has 0 radical (unpaired) electrons. The van der Waals surface area contributed by atoms with Gasteiger partial charge in [-0.1, -0.05) is 19.1 Å². The average molecular weight is 216 g/mol. The Labute approximate surface area is 108 Å². The first-order valence-electron chi connectivity index (χ1n) is 5.52. The molecule has 84 valence electrons. The molecule has 1 saturated carbocycles. The van der Waals surface area contributed by atoms with Crippen molar-refractivity contribution >= 4 is 11.8 Å². The van der Waals surface area contributed by atoms with Crippen LogP contribution in [0.3, 0.4) is 0 Å². The van der Waals surface area contributed by atoms with E-state index in [1.54, 1.807) is 0 Å². The molecular formula is C12H17LiO3. The summed E-state index contributed by atoms with van der Waals surface area (Å²) in [4.78, 5) is 22.0. The van der Waals surface area contributed by atoms with Gasteiger partial charge in [-0.3, -0.25) is 4.79 Å². The molecule has 16 heavy (non-hydrogen) atoms. The molecule has 0 bridgehead atoms. The second-order valence-corrected chi connectivity index (χ2v) is 4.06. The second-order valence-electron chi connectivity index (χ2n) is 4.06. The third kappa shape index (κ3) is 4.55. The van der Waals surface area contributed by atoms with Gasteiger partial charge in [0.2, 0.25) is 0 Å². The third-order valence-electron chi connectivity index (χ3n) is 2.97. The van der Waals surface area contributed by atoms with Gasteiger partial charge >= 0.3 is 18.9 Å². The van der Waals surface area contributed by atoms with Gasteiger partial charge < -0.3 is 9.90 Å². The maximum Gasteiger partial charge on any atom is 1.00 e. The van der Waals surface area contributed by atoms with Crippen molar-refractivity contribution in [3.8, 4) is 0 Å². The number of carbonyl (C=O) groups is 2. The molecule has 0 heterocycles. The molecule has 0 saturated heterocycles. The number of ketones is 1. The predicted molar refractivity (Wildman–Crippen MR) is 54.9 cm³/mol. The molecular weight excluding hydrogens is 199 g/mol. The Morgan fingerprint density at radius 3 is 2.75 bits per heavy atom. The summed E-state index contributed by atoms with van der Waals surface area (Å²) in [6.07, 6.45) is 6.89. The first kappa shape index (κ1) is 15.5. The molecule has 0 aromatic carbocycles. The summed E-state index contributed by atoms with van der Waals surface area (Å²) in [5.74, 6) is -0.934. The molecule has 0 N–H and O–H groups in total. The topological polar surface area (TPSA) is 57.2 Å². The maximum atomic E-state index is 11.5. The van der Waals surface area contributed by atoms with Crippen LogP contribution in [0.4, 0.5) is 0 Å². The SMILES string of the molecule is CC/C=C\CC1C(=O)CCC1CC(=O)[O-].[Li+]. The van der Waals surface area contributed by atoms with Crippen molar-refractivity contribution in [1.82, 2.24) is 0 Å². The number of hydrogen-bond acceptors (Lipinski definition) is 3. The van der Waals surface area contributed by atoms with E-state index in [1.165, 1.54) is 0 Å². The standard InChI is InChI=1S/C12H18O3.Li/c1-2-3-4-5-10-9(8-12(14)15)6-7-11(10)13;/h3-4,9-10H,2,5-8H2,1H3,(H,14,15);/q;+1/p-1/b4-3-;. The third-order valence-corrected chi connectivity index (χ3v) is 2.97. The van der Waals surface area contributed by atoms with Gasteiger partial charge in [0.25, 0.3) is 0 Å². The van der Waals surface area contributed by atoms with Gasteiger partial charge in [-0.2, -0.15) is 0 Å². The number of rotatable bonds is 5. The summed E-state index contributed by atoms with van der Waals surface area (Å²) in [5, 5.41) is 10.5. The van der Waals surface area contributed by atoms with Crippen LogP contribution in [0.15, 0.2) is 12.2 Å². The Hall–Kier alpha value is -0.523. The molecule has 0 spiro atoms. The number of carboxylic acid groups (broad SMARTS) is 1. The van der Waals surface area contributed by atoms with Crippen LogP contribution < -0.4 is 24.0 Å². The smallest absolute Gasteiger partial charge is 0.550 e. The van der Waals surface area contributed by atoms with Crippen molar-refractivity contribution in [2.45, 2.75) is 39.0 Å². The fourth-order valence-corrected chi connectivity index (χ4v) is 2.17. The number of hydrogen-bond donors (Lipinski definition) is 0. The fraction of sp³-hybridized carbons (Fsp3) is 0.667. The van der Waals surface area contributed by atoms with Crippen LogP contribution in [0.25, 0.3) is 0 Å². The average Bonchev–Trinajstić information content (AvgIpc) is 2.49. The van der Waals surface area contributed by atoms with Gasteiger partial charge in [-0.25, -0.2) is 0 Å². The molecule has 2 unspecified atom stereocenters. The molecule has 1 aliphatic carbocycles. The van der Waals surface area contributed by atoms with Crippen LogP contribution >= 0.6 is 0 Å². The minimum atomic E-state index is -1.04.